The minimum Gasteiger partial charge on any atom is -0.493 e. The van der Waals surface area contributed by atoms with Gasteiger partial charge >= 0.3 is 0 Å². The van der Waals surface area contributed by atoms with E-state index in [1.165, 1.54) is 4.88 Å². The van der Waals surface area contributed by atoms with E-state index in [0.29, 0.717) is 5.75 Å². The molecular weight excluding hydrogens is 460 g/mol. The number of ether oxygens (including phenoxy) is 2. The average Bonchev–Trinajstić information content (AvgIpc) is 2.84. The first-order valence-corrected chi connectivity index (χ1v) is 8.69. The van der Waals surface area contributed by atoms with Crippen molar-refractivity contribution in [3.63, 3.8) is 0 Å². The number of halogens is 3. The molecule has 102 valence electrons. The summed E-state index contributed by atoms with van der Waals surface area (Å²) in [6, 6.07) is 8.04. The molecule has 0 bridgehead atoms. The molecule has 6 heteroatoms. The van der Waals surface area contributed by atoms with Crippen molar-refractivity contribution in [2.24, 2.45) is 0 Å². The van der Waals surface area contributed by atoms with Gasteiger partial charge in [0.2, 0.25) is 0 Å². The van der Waals surface area contributed by atoms with Crippen molar-refractivity contribution in [2.45, 2.75) is 4.83 Å². The van der Waals surface area contributed by atoms with Gasteiger partial charge in [0, 0.05) is 9.35 Å². The lowest BCUT2D eigenvalue weighted by Gasteiger charge is -2.15. The standard InChI is InChI=1S/C13H11Br3O2S/c1-17-9-5-7(8(14)6-10(9)18-2)13(16)11-3-4-12(15)19-11/h3-6,13H,1-2H3. The molecule has 0 spiro atoms. The molecule has 1 aromatic heterocycles. The Morgan fingerprint density at radius 2 is 1.68 bits per heavy atom. The van der Waals surface area contributed by atoms with Crippen molar-refractivity contribution in [3.8, 4) is 11.5 Å². The van der Waals surface area contributed by atoms with Gasteiger partial charge in [-0.3, -0.25) is 0 Å². The van der Waals surface area contributed by atoms with Crippen LogP contribution in [0.15, 0.2) is 32.5 Å². The Hall–Kier alpha value is -0.0400. The summed E-state index contributed by atoms with van der Waals surface area (Å²) >= 11 is 12.5. The Kier molecular flexibility index (Phi) is 5.34. The summed E-state index contributed by atoms with van der Waals surface area (Å²) < 4.78 is 12.7. The lowest BCUT2D eigenvalue weighted by atomic mass is 10.1. The predicted octanol–water partition coefficient (Wildman–Crippen LogP) is 5.77. The van der Waals surface area contributed by atoms with E-state index in [2.05, 4.69) is 53.9 Å². The molecule has 0 radical (unpaired) electrons. The van der Waals surface area contributed by atoms with Gasteiger partial charge in [0.1, 0.15) is 0 Å². The summed E-state index contributed by atoms with van der Waals surface area (Å²) in [4.78, 5) is 1.33. The number of thiophene rings is 1. The first-order chi connectivity index (χ1) is 9.06. The van der Waals surface area contributed by atoms with Gasteiger partial charge in [-0.25, -0.2) is 0 Å². The Bertz CT molecular complexity index is 583. The number of benzene rings is 1. The third kappa shape index (κ3) is 3.35. The van der Waals surface area contributed by atoms with Crippen LogP contribution in [0.25, 0.3) is 0 Å². The summed E-state index contributed by atoms with van der Waals surface area (Å²) in [5.41, 5.74) is 1.10. The van der Waals surface area contributed by atoms with Crippen LogP contribution in [0.3, 0.4) is 0 Å². The van der Waals surface area contributed by atoms with Gasteiger partial charge in [-0.15, -0.1) is 11.3 Å². The van der Waals surface area contributed by atoms with Crippen molar-refractivity contribution in [2.75, 3.05) is 14.2 Å². The molecule has 0 amide bonds. The topological polar surface area (TPSA) is 18.5 Å². The number of hydrogen-bond acceptors (Lipinski definition) is 3. The lowest BCUT2D eigenvalue weighted by Crippen LogP contribution is -1.96. The molecule has 0 saturated carbocycles. The largest absolute Gasteiger partial charge is 0.493 e. The molecule has 0 fully saturated rings. The van der Waals surface area contributed by atoms with Gasteiger partial charge in [0.25, 0.3) is 0 Å². The second kappa shape index (κ2) is 6.61. The molecule has 1 aromatic carbocycles. The highest BCUT2D eigenvalue weighted by atomic mass is 79.9. The second-order valence-corrected chi connectivity index (χ2v) is 8.00. The summed E-state index contributed by atoms with van der Waals surface area (Å²) in [5, 5.41) is 0. The first-order valence-electron chi connectivity index (χ1n) is 5.37. The molecule has 0 aliphatic heterocycles. The fourth-order valence-corrected chi connectivity index (χ4v) is 4.77. The molecule has 1 heterocycles. The fourth-order valence-electron chi connectivity index (χ4n) is 1.68. The summed E-state index contributed by atoms with van der Waals surface area (Å²) in [6.45, 7) is 0. The van der Waals surface area contributed by atoms with E-state index in [0.717, 1.165) is 19.6 Å². The predicted molar refractivity (Wildman–Crippen MR) is 90.0 cm³/mol. The van der Waals surface area contributed by atoms with E-state index in [1.54, 1.807) is 25.6 Å². The third-order valence-corrected chi connectivity index (χ3v) is 6.28. The van der Waals surface area contributed by atoms with Crippen LogP contribution in [-0.2, 0) is 0 Å². The van der Waals surface area contributed by atoms with Crippen LogP contribution in [-0.4, -0.2) is 14.2 Å². The highest BCUT2D eigenvalue weighted by molar-refractivity contribution is 9.11. The quantitative estimate of drug-likeness (QED) is 0.528. The van der Waals surface area contributed by atoms with Gasteiger partial charge in [-0.1, -0.05) is 31.9 Å². The zero-order valence-electron chi connectivity index (χ0n) is 10.2. The van der Waals surface area contributed by atoms with E-state index < -0.39 is 0 Å². The molecule has 2 nitrogen and oxygen atoms in total. The number of alkyl halides is 1. The molecule has 0 aliphatic carbocycles. The van der Waals surface area contributed by atoms with Crippen molar-refractivity contribution in [1.82, 2.24) is 0 Å². The maximum Gasteiger partial charge on any atom is 0.161 e. The summed E-state index contributed by atoms with van der Waals surface area (Å²) in [5.74, 6) is 1.44. The number of rotatable bonds is 4. The Labute approximate surface area is 141 Å². The van der Waals surface area contributed by atoms with Crippen molar-refractivity contribution < 1.29 is 9.47 Å². The van der Waals surface area contributed by atoms with Gasteiger partial charge < -0.3 is 9.47 Å². The molecule has 2 aromatic rings. The molecule has 1 unspecified atom stereocenters. The van der Waals surface area contributed by atoms with Crippen LogP contribution >= 0.6 is 59.1 Å². The maximum absolute atomic E-state index is 5.35. The number of hydrogen-bond donors (Lipinski definition) is 0. The van der Waals surface area contributed by atoms with Gasteiger partial charge in [-0.05, 0) is 45.8 Å². The Balaban J connectivity index is 2.44. The fraction of sp³-hybridized carbons (Fsp3) is 0.231. The van der Waals surface area contributed by atoms with Crippen LogP contribution in [0.2, 0.25) is 0 Å². The minimum absolute atomic E-state index is 0.109. The zero-order valence-corrected chi connectivity index (χ0v) is 15.8. The van der Waals surface area contributed by atoms with E-state index in [1.807, 2.05) is 18.2 Å². The Morgan fingerprint density at radius 3 is 2.21 bits per heavy atom. The van der Waals surface area contributed by atoms with Crippen LogP contribution < -0.4 is 9.47 Å². The third-order valence-electron chi connectivity index (χ3n) is 2.62. The smallest absolute Gasteiger partial charge is 0.161 e. The van der Waals surface area contributed by atoms with E-state index in [-0.39, 0.29) is 4.83 Å². The van der Waals surface area contributed by atoms with Crippen molar-refractivity contribution in [1.29, 1.82) is 0 Å². The summed E-state index contributed by atoms with van der Waals surface area (Å²) in [6.07, 6.45) is 0. The normalized spacial score (nSPS) is 12.3. The second-order valence-electron chi connectivity index (χ2n) is 3.73. The first kappa shape index (κ1) is 15.4. The van der Waals surface area contributed by atoms with Crippen LogP contribution in [0, 0.1) is 0 Å². The monoisotopic (exact) mass is 468 g/mol. The molecule has 0 aliphatic rings. The Morgan fingerprint density at radius 1 is 1.05 bits per heavy atom. The molecule has 1 atom stereocenters. The SMILES string of the molecule is COc1cc(Br)c(C(Br)c2ccc(Br)s2)cc1OC. The minimum atomic E-state index is 0.109. The molecule has 2 rings (SSSR count). The highest BCUT2D eigenvalue weighted by Crippen LogP contribution is 2.43. The summed E-state index contributed by atoms with van der Waals surface area (Å²) in [7, 11) is 3.27. The number of methoxy groups -OCH3 is 2. The molecule has 0 N–H and O–H groups in total. The molecule has 19 heavy (non-hydrogen) atoms. The zero-order chi connectivity index (χ0) is 14.0. The van der Waals surface area contributed by atoms with Crippen LogP contribution in [0.1, 0.15) is 15.3 Å². The van der Waals surface area contributed by atoms with Crippen LogP contribution in [0.4, 0.5) is 0 Å². The highest BCUT2D eigenvalue weighted by Gasteiger charge is 2.18. The van der Waals surface area contributed by atoms with Gasteiger partial charge in [-0.2, -0.15) is 0 Å². The van der Waals surface area contributed by atoms with Gasteiger partial charge in [0.15, 0.2) is 11.5 Å². The lowest BCUT2D eigenvalue weighted by molar-refractivity contribution is 0.354. The average molecular weight is 471 g/mol. The maximum atomic E-state index is 5.35. The van der Waals surface area contributed by atoms with E-state index >= 15 is 0 Å². The molecular formula is C13H11Br3O2S. The van der Waals surface area contributed by atoms with E-state index in [4.69, 9.17) is 9.47 Å². The van der Waals surface area contributed by atoms with E-state index in [9.17, 15) is 0 Å². The molecule has 0 saturated heterocycles. The van der Waals surface area contributed by atoms with Crippen molar-refractivity contribution in [3.05, 3.63) is 43.0 Å². The van der Waals surface area contributed by atoms with Gasteiger partial charge in [0.05, 0.1) is 22.8 Å². The van der Waals surface area contributed by atoms with Crippen LogP contribution in [0.5, 0.6) is 11.5 Å². The van der Waals surface area contributed by atoms with Crippen molar-refractivity contribution >= 4 is 59.1 Å².